The number of hydrogen-bond donors (Lipinski definition) is 3. The van der Waals surface area contributed by atoms with Crippen molar-refractivity contribution in [1.82, 2.24) is 14.6 Å². The molecule has 3 aromatic rings. The lowest BCUT2D eigenvalue weighted by atomic mass is 10.0. The normalized spacial score (nSPS) is 19.3. The van der Waals surface area contributed by atoms with Crippen LogP contribution in [0.1, 0.15) is 19.5 Å². The minimum absolute atomic E-state index is 0.0263. The van der Waals surface area contributed by atoms with Crippen LogP contribution in [0.2, 0.25) is 0 Å². The highest BCUT2D eigenvalue weighted by atomic mass is 32.2. The van der Waals surface area contributed by atoms with Gasteiger partial charge >= 0.3 is 5.97 Å². The van der Waals surface area contributed by atoms with Gasteiger partial charge < -0.3 is 30.9 Å². The van der Waals surface area contributed by atoms with E-state index < -0.39 is 40.8 Å². The second kappa shape index (κ2) is 10.5. The zero-order chi connectivity index (χ0) is 28.8. The molecule has 208 valence electrons. The number of aromatic nitrogens is 2. The van der Waals surface area contributed by atoms with Crippen molar-refractivity contribution < 1.29 is 38.8 Å². The highest BCUT2D eigenvalue weighted by Gasteiger charge is 2.53. The van der Waals surface area contributed by atoms with Crippen LogP contribution >= 0.6 is 34.6 Å². The average molecular weight is 603 g/mol. The molecule has 1 unspecified atom stereocenters. The van der Waals surface area contributed by atoms with E-state index in [1.54, 1.807) is 11.3 Å². The number of thiophene rings is 1. The SMILES string of the molecule is CC(C)(ON=C(C(=O)NC1C(=O)N2C(C(=O)[O-])=C(C[n+]3ccc4ccsc4c3)CS[C@@H]12)c1cc(N)sn1)C(=O)O. The molecule has 2 atom stereocenters. The second-order valence-electron chi connectivity index (χ2n) is 9.42. The standard InChI is InChI=1S/C24H22N6O7S3/c1-24(2,23(35)36)37-27-16(13-7-15(25)40-28-13)19(31)26-17-20(32)30-18(22(33)34)12(10-39-21(17)30)8-29-5-3-11-4-6-38-14(11)9-29/h3-7,9,17,21H,8,10H2,1-2H3,(H4-,25,26,28,31,33,34,35,36)/t17?,21-/m0/s1. The summed E-state index contributed by atoms with van der Waals surface area (Å²) >= 11 is 3.75. The van der Waals surface area contributed by atoms with Crippen molar-refractivity contribution in [2.45, 2.75) is 37.4 Å². The first-order valence-corrected chi connectivity index (χ1v) is 14.4. The zero-order valence-electron chi connectivity index (χ0n) is 21.0. The molecule has 1 saturated heterocycles. The van der Waals surface area contributed by atoms with Gasteiger partial charge in [-0.2, -0.15) is 8.94 Å². The molecule has 5 heterocycles. The number of hydrogen-bond acceptors (Lipinski definition) is 12. The number of carboxylic acids is 2. The number of thioether (sulfide) groups is 1. The molecular formula is C24H22N6O7S3. The molecule has 0 radical (unpaired) electrons. The highest BCUT2D eigenvalue weighted by molar-refractivity contribution is 8.00. The van der Waals surface area contributed by atoms with Gasteiger partial charge in [0.15, 0.2) is 24.7 Å². The van der Waals surface area contributed by atoms with E-state index in [1.807, 2.05) is 34.5 Å². The number of nitrogens with two attached hydrogens (primary N) is 1. The molecule has 0 aromatic carbocycles. The van der Waals surface area contributed by atoms with Crippen molar-refractivity contribution in [3.05, 3.63) is 52.9 Å². The first kappa shape index (κ1) is 27.5. The van der Waals surface area contributed by atoms with Gasteiger partial charge in [0.05, 0.1) is 16.4 Å². The quantitative estimate of drug-likeness (QED) is 0.129. The Morgan fingerprint density at radius 2 is 2.15 bits per heavy atom. The van der Waals surface area contributed by atoms with Gasteiger partial charge in [0.2, 0.25) is 5.60 Å². The number of β-lactam (4-membered cyclic amide) rings is 1. The molecule has 2 aliphatic rings. The third kappa shape index (κ3) is 5.12. The van der Waals surface area contributed by atoms with Crippen molar-refractivity contribution >= 4 is 79.2 Å². The molecule has 2 amide bonds. The highest BCUT2D eigenvalue weighted by Crippen LogP contribution is 2.40. The van der Waals surface area contributed by atoms with Gasteiger partial charge in [-0.15, -0.1) is 23.1 Å². The number of nitrogens with one attached hydrogen (secondary N) is 1. The van der Waals surface area contributed by atoms with Gasteiger partial charge in [0.1, 0.15) is 22.1 Å². The summed E-state index contributed by atoms with van der Waals surface area (Å²) in [5.74, 6) is -4.01. The van der Waals surface area contributed by atoms with Crippen LogP contribution in [0.3, 0.4) is 0 Å². The van der Waals surface area contributed by atoms with Crippen LogP contribution in [0.25, 0.3) is 10.1 Å². The summed E-state index contributed by atoms with van der Waals surface area (Å²) in [4.78, 5) is 56.1. The summed E-state index contributed by atoms with van der Waals surface area (Å²) in [6.07, 6.45) is 3.75. The number of oxime groups is 1. The number of nitrogens with zero attached hydrogens (tertiary/aromatic N) is 4. The van der Waals surface area contributed by atoms with Crippen molar-refractivity contribution in [3.8, 4) is 0 Å². The molecule has 4 N–H and O–H groups in total. The molecule has 5 rings (SSSR count). The Labute approximate surface area is 239 Å². The maximum Gasteiger partial charge on any atom is 0.350 e. The van der Waals surface area contributed by atoms with Crippen molar-refractivity contribution in [3.63, 3.8) is 0 Å². The Morgan fingerprint density at radius 3 is 2.83 bits per heavy atom. The van der Waals surface area contributed by atoms with Gasteiger partial charge in [-0.1, -0.05) is 5.16 Å². The van der Waals surface area contributed by atoms with Crippen LogP contribution in [0, 0.1) is 0 Å². The van der Waals surface area contributed by atoms with Crippen LogP contribution in [-0.2, 0) is 30.6 Å². The Hall–Kier alpha value is -4.02. The fraction of sp³-hybridized carbons (Fsp3) is 0.292. The number of carboxylic acid groups (broad SMARTS) is 2. The van der Waals surface area contributed by atoms with E-state index in [1.165, 1.54) is 31.7 Å². The number of aliphatic carboxylic acids is 2. The summed E-state index contributed by atoms with van der Waals surface area (Å²) in [6, 6.07) is 4.21. The third-order valence-electron chi connectivity index (χ3n) is 6.22. The number of carbonyl (C=O) groups excluding carboxylic acids is 3. The van der Waals surface area contributed by atoms with Gasteiger partial charge in [-0.3, -0.25) is 14.5 Å². The van der Waals surface area contributed by atoms with E-state index in [-0.39, 0.29) is 28.6 Å². The van der Waals surface area contributed by atoms with Gasteiger partial charge in [-0.25, -0.2) is 4.79 Å². The largest absolute Gasteiger partial charge is 0.543 e. The van der Waals surface area contributed by atoms with Crippen molar-refractivity contribution in [1.29, 1.82) is 0 Å². The lowest BCUT2D eigenvalue weighted by Crippen LogP contribution is -2.71. The number of carbonyl (C=O) groups is 4. The van der Waals surface area contributed by atoms with E-state index in [0.717, 1.165) is 26.5 Å². The second-order valence-corrected chi connectivity index (χ2v) is 12.3. The average Bonchev–Trinajstić information content (AvgIpc) is 3.55. The topological polar surface area (TPSA) is 191 Å². The van der Waals surface area contributed by atoms with E-state index in [0.29, 0.717) is 11.3 Å². The predicted octanol–water partition coefficient (Wildman–Crippen LogP) is -0.0845. The van der Waals surface area contributed by atoms with Crippen LogP contribution < -0.4 is 20.7 Å². The lowest BCUT2D eigenvalue weighted by Gasteiger charge is -2.50. The van der Waals surface area contributed by atoms with Crippen LogP contribution in [0.15, 0.2) is 52.4 Å². The third-order valence-corrected chi connectivity index (χ3v) is 9.05. The number of anilines is 1. The minimum Gasteiger partial charge on any atom is -0.543 e. The van der Waals surface area contributed by atoms with Crippen molar-refractivity contribution in [2.24, 2.45) is 5.16 Å². The van der Waals surface area contributed by atoms with Gasteiger partial charge in [0, 0.05) is 28.8 Å². The smallest absolute Gasteiger partial charge is 0.350 e. The fourth-order valence-electron chi connectivity index (χ4n) is 4.07. The molecule has 0 bridgehead atoms. The Morgan fingerprint density at radius 1 is 1.38 bits per heavy atom. The maximum absolute atomic E-state index is 13.2. The van der Waals surface area contributed by atoms with Crippen LogP contribution in [-0.4, -0.2) is 66.6 Å². The first-order valence-electron chi connectivity index (χ1n) is 11.7. The summed E-state index contributed by atoms with van der Waals surface area (Å²) < 4.78 is 6.93. The molecule has 1 fully saturated rings. The number of fused-ring (bicyclic) bond motifs is 2. The molecule has 16 heteroatoms. The first-order chi connectivity index (χ1) is 19.0. The molecule has 0 aliphatic carbocycles. The summed E-state index contributed by atoms with van der Waals surface area (Å²) in [5.41, 5.74) is 3.90. The van der Waals surface area contributed by atoms with E-state index in [9.17, 15) is 29.4 Å². The Bertz CT molecular complexity index is 1610. The monoisotopic (exact) mass is 602 g/mol. The molecule has 40 heavy (non-hydrogen) atoms. The maximum atomic E-state index is 13.2. The fourth-order valence-corrected chi connectivity index (χ4v) is 6.74. The molecule has 0 spiro atoms. The number of nitrogen functional groups attached to an aromatic ring is 1. The molecular weight excluding hydrogens is 581 g/mol. The van der Waals surface area contributed by atoms with E-state index in [4.69, 9.17) is 10.6 Å². The molecule has 2 aliphatic heterocycles. The van der Waals surface area contributed by atoms with Crippen molar-refractivity contribution in [2.75, 3.05) is 11.5 Å². The molecule has 13 nitrogen and oxygen atoms in total. The number of pyridine rings is 1. The number of rotatable bonds is 9. The summed E-state index contributed by atoms with van der Waals surface area (Å²) in [5, 5.41) is 30.4. The van der Waals surface area contributed by atoms with E-state index >= 15 is 0 Å². The Balaban J connectivity index is 1.36. The van der Waals surface area contributed by atoms with Crippen LogP contribution in [0.4, 0.5) is 5.00 Å². The minimum atomic E-state index is -1.76. The molecule has 0 saturated carbocycles. The summed E-state index contributed by atoms with van der Waals surface area (Å²) in [6.45, 7) is 2.74. The van der Waals surface area contributed by atoms with Gasteiger partial charge in [0.25, 0.3) is 11.8 Å². The van der Waals surface area contributed by atoms with Crippen LogP contribution in [0.5, 0.6) is 0 Å². The number of amides is 2. The summed E-state index contributed by atoms with van der Waals surface area (Å²) in [7, 11) is 0. The lowest BCUT2D eigenvalue weighted by molar-refractivity contribution is -0.687. The predicted molar refractivity (Wildman–Crippen MR) is 145 cm³/mol. The molecule has 3 aromatic heterocycles. The van der Waals surface area contributed by atoms with Gasteiger partial charge in [-0.05, 0) is 36.8 Å². The zero-order valence-corrected chi connectivity index (χ0v) is 23.5. The van der Waals surface area contributed by atoms with E-state index in [2.05, 4.69) is 14.8 Å². The Kier molecular flexibility index (Phi) is 7.24.